The summed E-state index contributed by atoms with van der Waals surface area (Å²) in [6.07, 6.45) is 1.59. The molecular formula is C54H44N2. The highest BCUT2D eigenvalue weighted by molar-refractivity contribution is 6.25. The van der Waals surface area contributed by atoms with E-state index in [2.05, 4.69) is 33.8 Å². The molecule has 270 valence electrons. The lowest BCUT2D eigenvalue weighted by atomic mass is 9.63. The highest BCUT2D eigenvalue weighted by Gasteiger charge is 2.38. The molecule has 1 aliphatic carbocycles. The van der Waals surface area contributed by atoms with Crippen molar-refractivity contribution in [3.63, 3.8) is 0 Å². The van der Waals surface area contributed by atoms with Gasteiger partial charge in [-0.05, 0) is 128 Å². The van der Waals surface area contributed by atoms with Crippen LogP contribution < -0.4 is 0 Å². The Balaban J connectivity index is 1.46. The lowest BCUT2D eigenvalue weighted by molar-refractivity contribution is 0.332. The fraction of sp³-hybridized carbons (Fsp3) is 0.148. The van der Waals surface area contributed by atoms with Crippen LogP contribution in [0.4, 0.5) is 0 Å². The number of para-hydroxylation sites is 1. The normalized spacial score (nSPS) is 17.4. The molecule has 2 heterocycles. The van der Waals surface area contributed by atoms with Crippen molar-refractivity contribution < 1.29 is 13.7 Å². The predicted molar refractivity (Wildman–Crippen MR) is 239 cm³/mol. The van der Waals surface area contributed by atoms with Gasteiger partial charge in [0.25, 0.3) is 0 Å². The topological polar surface area (TPSA) is 9.86 Å². The first-order chi connectivity index (χ1) is 31.5. The molecule has 0 aliphatic heterocycles. The molecule has 10 aromatic rings. The van der Waals surface area contributed by atoms with E-state index < -0.39 is 41.0 Å². The van der Waals surface area contributed by atoms with Gasteiger partial charge in [0.1, 0.15) is 0 Å². The average molecular weight is 731 g/mol. The Morgan fingerprint density at radius 3 is 1.64 bits per heavy atom. The summed E-state index contributed by atoms with van der Waals surface area (Å²) in [7, 11) is 0. The van der Waals surface area contributed by atoms with Gasteiger partial charge in [0.05, 0.1) is 35.8 Å². The first-order valence-electron chi connectivity index (χ1n) is 24.3. The maximum atomic E-state index is 10.6. The molecule has 0 fully saturated rings. The summed E-state index contributed by atoms with van der Waals surface area (Å²) in [5.41, 5.74) is 6.24. The Bertz CT molecular complexity index is 3680. The maximum Gasteiger partial charge on any atom is 0.0668 e. The van der Waals surface area contributed by atoms with Crippen LogP contribution in [0.25, 0.3) is 88.0 Å². The molecular weight excluding hydrogens is 677 g/mol. The fourth-order valence-corrected chi connectivity index (χ4v) is 8.87. The highest BCUT2D eigenvalue weighted by atomic mass is 15.0. The van der Waals surface area contributed by atoms with Crippen molar-refractivity contribution in [1.82, 2.24) is 9.13 Å². The summed E-state index contributed by atoms with van der Waals surface area (Å²) in [5, 5.41) is 0.770. The quantitative estimate of drug-likeness (QED) is 0.171. The van der Waals surface area contributed by atoms with Crippen LogP contribution in [0.3, 0.4) is 0 Å². The van der Waals surface area contributed by atoms with Gasteiger partial charge in [-0.3, -0.25) is 0 Å². The van der Waals surface area contributed by atoms with Crippen LogP contribution >= 0.6 is 0 Å². The SMILES string of the molecule is [2H]c1c([2H])c([2H])c2c(c1[2H])c([2H])c([2H])c1c2c2c([2H])c3c4c([2H])c5c(c([2H])c4n(-c4ccccc4)c3c([2H])c2n1-c1cc(-c2ccccc2)cc(-c2ccccc2)c1)C(C)(C)CCC5(C)C. The number of hydrogen-bond donors (Lipinski definition) is 0. The summed E-state index contributed by atoms with van der Waals surface area (Å²) in [6.45, 7) is 8.44. The standard InChI is InChI=1S/C54H44N2/c1-53(2)26-27-54(3,4)47-33-49-44(32-46(47)53)43-31-45-51(34-50(43)55(49)40-21-12-7-13-22-40)56(48-25-24-37-20-14-15-23-42(37)52(45)48)41-29-38(35-16-8-5-9-17-35)28-39(30-41)36-18-10-6-11-19-36/h5-25,28-34H,26-27H2,1-4H3/i14D,15D,20D,23D,24D,25D,31D,32D,33D,34D. The lowest BCUT2D eigenvalue weighted by Gasteiger charge is -2.42. The summed E-state index contributed by atoms with van der Waals surface area (Å²) >= 11 is 0. The molecule has 0 atom stereocenters. The Morgan fingerprint density at radius 2 is 0.982 bits per heavy atom. The first-order valence-corrected chi connectivity index (χ1v) is 19.3. The molecule has 0 bridgehead atoms. The molecule has 2 heteroatoms. The fourth-order valence-electron chi connectivity index (χ4n) is 8.87. The Labute approximate surface area is 342 Å². The summed E-state index contributed by atoms with van der Waals surface area (Å²) < 4.78 is 100. The molecule has 0 radical (unpaired) electrons. The minimum absolute atomic E-state index is 0.0187. The summed E-state index contributed by atoms with van der Waals surface area (Å²) in [5.74, 6) is 0. The third-order valence-corrected chi connectivity index (χ3v) is 11.9. The van der Waals surface area contributed by atoms with E-state index in [1.165, 1.54) is 0 Å². The van der Waals surface area contributed by atoms with Gasteiger partial charge in [-0.25, -0.2) is 0 Å². The maximum absolute atomic E-state index is 10.6. The van der Waals surface area contributed by atoms with Crippen LogP contribution in [-0.4, -0.2) is 9.13 Å². The third kappa shape index (κ3) is 4.95. The van der Waals surface area contributed by atoms with Gasteiger partial charge in [0.15, 0.2) is 0 Å². The molecule has 0 spiro atoms. The Hall–Kier alpha value is -6.38. The number of hydrogen-bond acceptors (Lipinski definition) is 0. The molecule has 8 aromatic carbocycles. The van der Waals surface area contributed by atoms with Crippen molar-refractivity contribution in [3.8, 4) is 33.6 Å². The monoisotopic (exact) mass is 730 g/mol. The Kier molecular flexibility index (Phi) is 5.21. The van der Waals surface area contributed by atoms with E-state index in [0.717, 1.165) is 46.2 Å². The van der Waals surface area contributed by atoms with Crippen LogP contribution in [-0.2, 0) is 10.8 Å². The highest BCUT2D eigenvalue weighted by Crippen LogP contribution is 2.50. The van der Waals surface area contributed by atoms with E-state index in [1.807, 2.05) is 108 Å². The minimum atomic E-state index is -0.538. The molecule has 0 unspecified atom stereocenters. The lowest BCUT2D eigenvalue weighted by Crippen LogP contribution is -2.33. The zero-order valence-corrected chi connectivity index (χ0v) is 31.7. The van der Waals surface area contributed by atoms with Crippen LogP contribution in [0.5, 0.6) is 0 Å². The largest absolute Gasteiger partial charge is 0.309 e. The molecule has 56 heavy (non-hydrogen) atoms. The smallest absolute Gasteiger partial charge is 0.0668 e. The van der Waals surface area contributed by atoms with Gasteiger partial charge in [-0.15, -0.1) is 0 Å². The van der Waals surface area contributed by atoms with E-state index in [4.69, 9.17) is 4.11 Å². The van der Waals surface area contributed by atoms with E-state index in [1.54, 1.807) is 4.57 Å². The van der Waals surface area contributed by atoms with Crippen molar-refractivity contribution in [3.05, 3.63) is 181 Å². The molecule has 0 saturated heterocycles. The second kappa shape index (κ2) is 12.1. The van der Waals surface area contributed by atoms with Crippen molar-refractivity contribution >= 4 is 54.4 Å². The van der Waals surface area contributed by atoms with Crippen LogP contribution in [0.15, 0.2) is 170 Å². The average Bonchev–Trinajstić information content (AvgIpc) is 3.88. The molecule has 2 aromatic heterocycles. The van der Waals surface area contributed by atoms with Gasteiger partial charge in [-0.2, -0.15) is 0 Å². The van der Waals surface area contributed by atoms with E-state index in [-0.39, 0.29) is 68.2 Å². The van der Waals surface area contributed by atoms with Crippen LogP contribution in [0, 0.1) is 0 Å². The third-order valence-electron chi connectivity index (χ3n) is 11.9. The summed E-state index contributed by atoms with van der Waals surface area (Å²) in [6, 6.07) is 32.7. The summed E-state index contributed by atoms with van der Waals surface area (Å²) in [4.78, 5) is 0. The molecule has 1 aliphatic rings. The van der Waals surface area contributed by atoms with E-state index in [9.17, 15) is 9.60 Å². The van der Waals surface area contributed by atoms with Gasteiger partial charge in [0, 0.05) is 32.9 Å². The van der Waals surface area contributed by atoms with Gasteiger partial charge < -0.3 is 9.13 Å². The zero-order valence-electron chi connectivity index (χ0n) is 41.7. The molecule has 0 saturated carbocycles. The van der Waals surface area contributed by atoms with Gasteiger partial charge in [0.2, 0.25) is 0 Å². The van der Waals surface area contributed by atoms with E-state index >= 15 is 0 Å². The van der Waals surface area contributed by atoms with Crippen molar-refractivity contribution in [2.75, 3.05) is 0 Å². The zero-order chi connectivity index (χ0) is 46.5. The molecule has 11 rings (SSSR count). The van der Waals surface area contributed by atoms with Crippen molar-refractivity contribution in [2.24, 2.45) is 0 Å². The van der Waals surface area contributed by atoms with Gasteiger partial charge >= 0.3 is 0 Å². The number of aromatic nitrogens is 2. The van der Waals surface area contributed by atoms with Gasteiger partial charge in [-0.1, -0.05) is 137 Å². The van der Waals surface area contributed by atoms with Crippen molar-refractivity contribution in [2.45, 2.75) is 51.4 Å². The first kappa shape index (κ1) is 24.2. The predicted octanol–water partition coefficient (Wildman–Crippen LogP) is 14.7. The number of rotatable bonds is 4. The number of nitrogens with zero attached hydrogens (tertiary/aromatic N) is 2. The second-order valence-corrected chi connectivity index (χ2v) is 16.4. The van der Waals surface area contributed by atoms with E-state index in [0.29, 0.717) is 27.8 Å². The van der Waals surface area contributed by atoms with Crippen LogP contribution in [0.1, 0.15) is 65.4 Å². The van der Waals surface area contributed by atoms with Crippen LogP contribution in [0.2, 0.25) is 0 Å². The van der Waals surface area contributed by atoms with Crippen molar-refractivity contribution in [1.29, 1.82) is 0 Å². The molecule has 0 amide bonds. The molecule has 0 N–H and O–H groups in total. The Morgan fingerprint density at radius 1 is 0.446 bits per heavy atom. The second-order valence-electron chi connectivity index (χ2n) is 16.4. The minimum Gasteiger partial charge on any atom is -0.309 e. The molecule has 2 nitrogen and oxygen atoms in total. The number of fused-ring (bicyclic) bond motifs is 9. The number of benzene rings is 8.